The maximum atomic E-state index is 8.98. The molecule has 2 aromatic carbocycles. The zero-order valence-electron chi connectivity index (χ0n) is 25.2. The van der Waals surface area contributed by atoms with Gasteiger partial charge < -0.3 is 19.7 Å². The topological polar surface area (TPSA) is 58.9 Å². The van der Waals surface area contributed by atoms with Crippen molar-refractivity contribution in [3.8, 4) is 0 Å². The van der Waals surface area contributed by atoms with Crippen LogP contribution in [0.4, 0.5) is 0 Å². The van der Waals surface area contributed by atoms with Crippen molar-refractivity contribution in [3.63, 3.8) is 0 Å². The van der Waals surface area contributed by atoms with Gasteiger partial charge in [-0.1, -0.05) is 80.3 Å². The number of ether oxygens (including phenoxy) is 2. The predicted octanol–water partition coefficient (Wildman–Crippen LogP) is 7.38. The molecule has 0 spiro atoms. The van der Waals surface area contributed by atoms with Gasteiger partial charge in [-0.25, -0.2) is 12.1 Å². The Hall–Kier alpha value is -0.628. The van der Waals surface area contributed by atoms with Crippen LogP contribution in [0.2, 0.25) is 0 Å². The second kappa shape index (κ2) is 24.0. The Morgan fingerprint density at radius 3 is 1.56 bits per heavy atom. The van der Waals surface area contributed by atoms with Crippen molar-refractivity contribution >= 4 is 12.8 Å². The van der Waals surface area contributed by atoms with E-state index in [-0.39, 0.29) is 43.9 Å². The number of hydrogen-bond donors (Lipinski definition) is 2. The Morgan fingerprint density at radius 2 is 1.31 bits per heavy atom. The quantitative estimate of drug-likeness (QED) is 0.144. The van der Waals surface area contributed by atoms with E-state index in [1.165, 1.54) is 5.56 Å². The van der Waals surface area contributed by atoms with E-state index in [0.29, 0.717) is 23.5 Å². The van der Waals surface area contributed by atoms with Gasteiger partial charge >= 0.3 is 0 Å². The first-order chi connectivity index (χ1) is 17.3. The average molecular weight is 693 g/mol. The monoisotopic (exact) mass is 692 g/mol. The third kappa shape index (κ3) is 22.7. The standard InChI is InChI=1S/C13H23P.C7H16O4.C7H7.C5H5.Fe.Pd/c1-12(2,3)14(13(4,5)6)11-9-7-8-10-11;1-3-10-6(8)5-7(9)11-4-2;1-7-5-3-2-4-6-7;1-2-4-5-3-1;;/h7-10,14H,1-6H3;6-9H,3-5H2,1-2H3;2-5H,1H3;1-5H;;/q;;2*-1;;. The fourth-order valence-corrected chi connectivity index (χ4v) is 8.54. The van der Waals surface area contributed by atoms with Crippen LogP contribution >= 0.6 is 7.55 Å². The van der Waals surface area contributed by atoms with Crippen molar-refractivity contribution < 1.29 is 57.2 Å². The number of aliphatic hydroxyl groups is 2. The van der Waals surface area contributed by atoms with E-state index in [2.05, 4.69) is 71.9 Å². The Balaban J connectivity index is -0.000000462. The molecule has 0 bridgehead atoms. The third-order valence-corrected chi connectivity index (χ3v) is 8.90. The molecule has 2 unspecified atom stereocenters. The van der Waals surface area contributed by atoms with Crippen LogP contribution in [0.5, 0.6) is 0 Å². The van der Waals surface area contributed by atoms with Crippen molar-refractivity contribution in [1.82, 2.24) is 0 Å². The molecule has 0 aliphatic heterocycles. The fourth-order valence-electron chi connectivity index (χ4n) is 4.03. The molecule has 0 heterocycles. The van der Waals surface area contributed by atoms with Gasteiger partial charge in [-0.05, 0) is 29.5 Å². The molecule has 2 atom stereocenters. The SMILES string of the molecule is CC(C)(C)[PH](=C1C=CC=C1)C(C)(C)C.CCOC(O)CC(O)OCC.Cc1[c-]cccc1.[Fe].[Pd].c1cc[cH-]c1. The van der Waals surface area contributed by atoms with Gasteiger partial charge in [0.05, 0.1) is 0 Å². The maximum Gasteiger partial charge on any atom is 0.159 e. The molecular formula is C32H51FeO4PPd-2. The molecular weight excluding hydrogens is 642 g/mol. The van der Waals surface area contributed by atoms with Crippen LogP contribution in [-0.2, 0) is 47.0 Å². The van der Waals surface area contributed by atoms with E-state index < -0.39 is 20.1 Å². The van der Waals surface area contributed by atoms with E-state index in [0.717, 1.165) is 0 Å². The van der Waals surface area contributed by atoms with Crippen LogP contribution in [0.3, 0.4) is 0 Å². The normalized spacial score (nSPS) is 13.4. The molecule has 1 aliphatic rings. The van der Waals surface area contributed by atoms with Crippen molar-refractivity contribution in [1.29, 1.82) is 0 Å². The number of benzene rings is 1. The van der Waals surface area contributed by atoms with Gasteiger partial charge in [0.1, 0.15) is 0 Å². The summed E-state index contributed by atoms with van der Waals surface area (Å²) in [4.78, 5) is 0. The number of rotatable bonds is 6. The van der Waals surface area contributed by atoms with Crippen molar-refractivity contribution in [3.05, 3.63) is 90.5 Å². The Bertz CT molecular complexity index is 841. The fraction of sp³-hybridized carbons (Fsp3) is 0.500. The van der Waals surface area contributed by atoms with Gasteiger partial charge in [-0.2, -0.15) is 54.1 Å². The molecule has 4 nitrogen and oxygen atoms in total. The summed E-state index contributed by atoms with van der Waals surface area (Å²) in [5.41, 5.74) is 1.20. The van der Waals surface area contributed by atoms with E-state index in [9.17, 15) is 0 Å². The van der Waals surface area contributed by atoms with Crippen molar-refractivity contribution in [2.45, 2.75) is 91.6 Å². The largest absolute Gasteiger partial charge is 0.368 e. The maximum absolute atomic E-state index is 8.98. The Labute approximate surface area is 264 Å². The minimum Gasteiger partial charge on any atom is -0.368 e. The molecule has 0 fully saturated rings. The molecule has 0 radical (unpaired) electrons. The molecule has 0 amide bonds. The first-order valence-corrected chi connectivity index (χ1v) is 14.6. The van der Waals surface area contributed by atoms with Crippen LogP contribution in [0.1, 0.15) is 67.4 Å². The van der Waals surface area contributed by atoms with Crippen LogP contribution in [-0.4, -0.2) is 51.6 Å². The minimum atomic E-state index is -0.929. The summed E-state index contributed by atoms with van der Waals surface area (Å²) in [6.07, 6.45) is 7.16. The minimum absolute atomic E-state index is 0. The van der Waals surface area contributed by atoms with E-state index in [1.807, 2.05) is 61.5 Å². The van der Waals surface area contributed by atoms with Crippen molar-refractivity contribution in [2.24, 2.45) is 0 Å². The zero-order valence-corrected chi connectivity index (χ0v) is 28.8. The van der Waals surface area contributed by atoms with Crippen LogP contribution < -0.4 is 0 Å². The van der Waals surface area contributed by atoms with E-state index in [4.69, 9.17) is 19.7 Å². The summed E-state index contributed by atoms with van der Waals surface area (Å²) in [6, 6.07) is 20.9. The average Bonchev–Trinajstić information content (AvgIpc) is 3.51. The summed E-state index contributed by atoms with van der Waals surface area (Å²) in [5, 5.41) is 20.4. The number of aliphatic hydroxyl groups excluding tert-OH is 2. The van der Waals surface area contributed by atoms with Gasteiger partial charge in [-0.15, -0.1) is 0 Å². The summed E-state index contributed by atoms with van der Waals surface area (Å²) in [7, 11) is -0.510. The summed E-state index contributed by atoms with van der Waals surface area (Å²) >= 11 is 0. The smallest absolute Gasteiger partial charge is 0.159 e. The first-order valence-electron chi connectivity index (χ1n) is 13.1. The number of hydrogen-bond acceptors (Lipinski definition) is 4. The molecule has 3 rings (SSSR count). The second-order valence-corrected chi connectivity index (χ2v) is 14.9. The Morgan fingerprint density at radius 1 is 0.846 bits per heavy atom. The molecule has 7 heteroatoms. The summed E-state index contributed by atoms with van der Waals surface area (Å²) in [6.45, 7) is 20.7. The van der Waals surface area contributed by atoms with E-state index in [1.54, 1.807) is 19.1 Å². The molecule has 2 aromatic rings. The van der Waals surface area contributed by atoms with Crippen LogP contribution in [0.15, 0.2) is 78.9 Å². The third-order valence-electron chi connectivity index (χ3n) is 4.99. The van der Waals surface area contributed by atoms with Crippen LogP contribution in [0.25, 0.3) is 0 Å². The van der Waals surface area contributed by atoms with E-state index >= 15 is 0 Å². The molecule has 0 saturated heterocycles. The van der Waals surface area contributed by atoms with Crippen molar-refractivity contribution in [2.75, 3.05) is 13.2 Å². The number of aryl methyl sites for hydroxylation is 1. The molecule has 0 aromatic heterocycles. The summed E-state index contributed by atoms with van der Waals surface area (Å²) in [5.74, 6) is 0. The molecule has 228 valence electrons. The summed E-state index contributed by atoms with van der Waals surface area (Å²) < 4.78 is 9.55. The zero-order chi connectivity index (χ0) is 28.3. The molecule has 0 saturated carbocycles. The molecule has 2 N–H and O–H groups in total. The molecule has 1 aliphatic carbocycles. The Kier molecular flexibility index (Phi) is 26.4. The van der Waals surface area contributed by atoms with Gasteiger partial charge in [0.15, 0.2) is 12.6 Å². The van der Waals surface area contributed by atoms with Gasteiger partial charge in [0, 0.05) is 57.1 Å². The van der Waals surface area contributed by atoms with Gasteiger partial charge in [0.2, 0.25) is 0 Å². The van der Waals surface area contributed by atoms with Gasteiger partial charge in [0.25, 0.3) is 0 Å². The van der Waals surface area contributed by atoms with Crippen LogP contribution in [0, 0.1) is 13.0 Å². The van der Waals surface area contributed by atoms with Gasteiger partial charge in [-0.3, -0.25) is 0 Å². The number of allylic oxidation sites excluding steroid dienone is 4. The predicted molar refractivity (Wildman–Crippen MR) is 163 cm³/mol. The first kappa shape index (κ1) is 42.8. The second-order valence-electron chi connectivity index (χ2n) is 10.6. The molecule has 39 heavy (non-hydrogen) atoms.